The number of likely N-dealkylation sites (N-methyl/N-ethyl adjacent to an activating group) is 1. The molecule has 0 aliphatic carbocycles. The van der Waals surface area contributed by atoms with E-state index in [0.717, 1.165) is 83.0 Å². The molecule has 3 saturated heterocycles. The molecule has 0 bridgehead atoms. The van der Waals surface area contributed by atoms with E-state index in [4.69, 9.17) is 4.74 Å². The number of hydrogen-bond donors (Lipinski definition) is 0. The summed E-state index contributed by atoms with van der Waals surface area (Å²) in [5.41, 5.74) is 0.785. The lowest BCUT2D eigenvalue weighted by Crippen LogP contribution is -2.44. The van der Waals surface area contributed by atoms with Gasteiger partial charge in [0.05, 0.1) is 6.61 Å². The smallest absolute Gasteiger partial charge is 0.254 e. The van der Waals surface area contributed by atoms with Gasteiger partial charge in [-0.15, -0.1) is 0 Å². The summed E-state index contributed by atoms with van der Waals surface area (Å²) in [6.07, 6.45) is 5.90. The lowest BCUT2D eigenvalue weighted by molar-refractivity contribution is 0.0708. The molecular weight excluding hydrogens is 376 g/mol. The van der Waals surface area contributed by atoms with Crippen molar-refractivity contribution in [1.29, 1.82) is 0 Å². The average molecular weight is 415 g/mol. The zero-order valence-electron chi connectivity index (χ0n) is 18.6. The molecular formula is C24H38N4O2. The maximum atomic E-state index is 13.1. The van der Waals surface area contributed by atoms with Crippen LogP contribution in [0.1, 0.15) is 42.5 Å². The van der Waals surface area contributed by atoms with Crippen LogP contribution in [0.2, 0.25) is 0 Å². The molecule has 1 aromatic carbocycles. The van der Waals surface area contributed by atoms with Gasteiger partial charge in [0.1, 0.15) is 5.75 Å². The van der Waals surface area contributed by atoms with E-state index in [1.54, 1.807) is 0 Å². The van der Waals surface area contributed by atoms with Crippen molar-refractivity contribution < 1.29 is 9.53 Å². The third-order valence-electron chi connectivity index (χ3n) is 6.89. The average Bonchev–Trinajstić information content (AvgIpc) is 3.45. The number of amides is 1. The van der Waals surface area contributed by atoms with Crippen molar-refractivity contribution in [2.45, 2.75) is 38.1 Å². The third kappa shape index (κ3) is 5.74. The van der Waals surface area contributed by atoms with Crippen molar-refractivity contribution in [3.63, 3.8) is 0 Å². The second kappa shape index (κ2) is 10.6. The Morgan fingerprint density at radius 3 is 2.40 bits per heavy atom. The summed E-state index contributed by atoms with van der Waals surface area (Å²) in [5, 5.41) is 0. The molecule has 0 spiro atoms. The minimum Gasteiger partial charge on any atom is -0.494 e. The molecule has 6 nitrogen and oxygen atoms in total. The number of benzene rings is 1. The predicted octanol–water partition coefficient (Wildman–Crippen LogP) is 2.40. The number of nitrogens with zero attached hydrogens (tertiary/aromatic N) is 4. The standard InChI is InChI=1S/C24H38N4O2/c1-25-15-17-26(18-16-25)13-5-19-30-23-9-7-21(8-10-23)24(29)28-14-4-6-22(28)20-27-11-2-3-12-27/h7-10,22H,2-6,11-20H2,1H3/t22-/m1/s1. The first kappa shape index (κ1) is 21.6. The van der Waals surface area contributed by atoms with Crippen molar-refractivity contribution >= 4 is 5.91 Å². The van der Waals surface area contributed by atoms with Gasteiger partial charge in [0.25, 0.3) is 5.91 Å². The van der Waals surface area contributed by atoms with Crippen molar-refractivity contribution in [2.24, 2.45) is 0 Å². The fourth-order valence-corrected chi connectivity index (χ4v) is 4.97. The van der Waals surface area contributed by atoms with E-state index in [0.29, 0.717) is 6.04 Å². The number of carbonyl (C=O) groups is 1. The first-order chi connectivity index (χ1) is 14.7. The molecule has 0 radical (unpaired) electrons. The second-order valence-electron chi connectivity index (χ2n) is 9.17. The van der Waals surface area contributed by atoms with E-state index in [-0.39, 0.29) is 5.91 Å². The lowest BCUT2D eigenvalue weighted by Gasteiger charge is -2.32. The number of hydrogen-bond acceptors (Lipinski definition) is 5. The van der Waals surface area contributed by atoms with Crippen LogP contribution in [-0.2, 0) is 0 Å². The zero-order valence-corrected chi connectivity index (χ0v) is 18.6. The van der Waals surface area contributed by atoms with Crippen LogP contribution in [0.4, 0.5) is 0 Å². The van der Waals surface area contributed by atoms with Crippen LogP contribution < -0.4 is 4.74 Å². The van der Waals surface area contributed by atoms with Gasteiger partial charge in [-0.05, 0) is 76.5 Å². The Balaban J connectivity index is 1.21. The molecule has 3 fully saturated rings. The molecule has 4 rings (SSSR count). The van der Waals surface area contributed by atoms with Gasteiger partial charge in [-0.1, -0.05) is 0 Å². The SMILES string of the molecule is CN1CCN(CCCOc2ccc(C(=O)N3CCC[C@@H]3CN3CCCC3)cc2)CC1. The van der Waals surface area contributed by atoms with Crippen LogP contribution in [0.25, 0.3) is 0 Å². The van der Waals surface area contributed by atoms with Crippen LogP contribution in [0, 0.1) is 0 Å². The molecule has 30 heavy (non-hydrogen) atoms. The first-order valence-electron chi connectivity index (χ1n) is 11.9. The highest BCUT2D eigenvalue weighted by Crippen LogP contribution is 2.23. The number of carbonyl (C=O) groups excluding carboxylic acids is 1. The summed E-state index contributed by atoms with van der Waals surface area (Å²) >= 11 is 0. The minimum atomic E-state index is 0.179. The van der Waals surface area contributed by atoms with Crippen molar-refractivity contribution in [2.75, 3.05) is 72.6 Å². The van der Waals surface area contributed by atoms with Crippen molar-refractivity contribution in [1.82, 2.24) is 19.6 Å². The van der Waals surface area contributed by atoms with Gasteiger partial charge in [0, 0.05) is 57.4 Å². The van der Waals surface area contributed by atoms with Gasteiger partial charge in [-0.2, -0.15) is 0 Å². The molecule has 0 saturated carbocycles. The summed E-state index contributed by atoms with van der Waals surface area (Å²) in [6.45, 7) is 10.8. The Morgan fingerprint density at radius 1 is 0.933 bits per heavy atom. The van der Waals surface area contributed by atoms with E-state index in [9.17, 15) is 4.79 Å². The molecule has 3 aliphatic heterocycles. The van der Waals surface area contributed by atoms with E-state index in [1.165, 1.54) is 25.9 Å². The highest BCUT2D eigenvalue weighted by Gasteiger charge is 2.31. The fraction of sp³-hybridized carbons (Fsp3) is 0.708. The summed E-state index contributed by atoms with van der Waals surface area (Å²) in [7, 11) is 2.19. The van der Waals surface area contributed by atoms with Gasteiger partial charge in [0.2, 0.25) is 0 Å². The van der Waals surface area contributed by atoms with Gasteiger partial charge >= 0.3 is 0 Å². The van der Waals surface area contributed by atoms with Crippen LogP contribution in [-0.4, -0.2) is 104 Å². The Labute approximate surface area is 181 Å². The van der Waals surface area contributed by atoms with Gasteiger partial charge in [-0.3, -0.25) is 4.79 Å². The van der Waals surface area contributed by atoms with E-state index < -0.39 is 0 Å². The van der Waals surface area contributed by atoms with Crippen molar-refractivity contribution in [3.8, 4) is 5.75 Å². The highest BCUT2D eigenvalue weighted by molar-refractivity contribution is 5.94. The predicted molar refractivity (Wildman–Crippen MR) is 120 cm³/mol. The number of ether oxygens (including phenoxy) is 1. The molecule has 0 N–H and O–H groups in total. The minimum absolute atomic E-state index is 0.179. The van der Waals surface area contributed by atoms with Gasteiger partial charge < -0.3 is 24.3 Å². The molecule has 0 aromatic heterocycles. The quantitative estimate of drug-likeness (QED) is 0.611. The summed E-state index contributed by atoms with van der Waals surface area (Å²) < 4.78 is 5.92. The van der Waals surface area contributed by atoms with E-state index in [2.05, 4.69) is 26.6 Å². The van der Waals surface area contributed by atoms with Crippen LogP contribution in [0.15, 0.2) is 24.3 Å². The third-order valence-corrected chi connectivity index (χ3v) is 6.89. The van der Waals surface area contributed by atoms with E-state index in [1.807, 2.05) is 24.3 Å². The maximum absolute atomic E-state index is 13.1. The summed E-state index contributed by atoms with van der Waals surface area (Å²) in [5.74, 6) is 1.04. The highest BCUT2D eigenvalue weighted by atomic mass is 16.5. The van der Waals surface area contributed by atoms with E-state index >= 15 is 0 Å². The second-order valence-corrected chi connectivity index (χ2v) is 9.17. The van der Waals surface area contributed by atoms with Gasteiger partial charge in [-0.25, -0.2) is 0 Å². The molecule has 1 aromatic rings. The maximum Gasteiger partial charge on any atom is 0.254 e. The van der Waals surface area contributed by atoms with Crippen molar-refractivity contribution in [3.05, 3.63) is 29.8 Å². The van der Waals surface area contributed by atoms with Crippen LogP contribution >= 0.6 is 0 Å². The molecule has 3 heterocycles. The number of likely N-dealkylation sites (tertiary alicyclic amines) is 2. The molecule has 6 heteroatoms. The molecule has 1 atom stereocenters. The Bertz CT molecular complexity index is 666. The number of piperazine rings is 1. The van der Waals surface area contributed by atoms with Crippen LogP contribution in [0.3, 0.4) is 0 Å². The summed E-state index contributed by atoms with van der Waals surface area (Å²) in [4.78, 5) is 22.6. The molecule has 3 aliphatic rings. The Morgan fingerprint density at radius 2 is 1.67 bits per heavy atom. The Kier molecular flexibility index (Phi) is 7.63. The summed E-state index contributed by atoms with van der Waals surface area (Å²) in [6, 6.07) is 8.15. The van der Waals surface area contributed by atoms with Gasteiger partial charge in [0.15, 0.2) is 0 Å². The normalized spacial score (nSPS) is 23.9. The Hall–Kier alpha value is -1.63. The largest absolute Gasteiger partial charge is 0.494 e. The van der Waals surface area contributed by atoms with Crippen LogP contribution in [0.5, 0.6) is 5.75 Å². The first-order valence-corrected chi connectivity index (χ1v) is 11.9. The fourth-order valence-electron chi connectivity index (χ4n) is 4.97. The topological polar surface area (TPSA) is 39.3 Å². The molecule has 0 unspecified atom stereocenters. The molecule has 1 amide bonds. The zero-order chi connectivity index (χ0) is 20.8. The monoisotopic (exact) mass is 414 g/mol. The number of rotatable bonds is 8. The molecule has 166 valence electrons. The lowest BCUT2D eigenvalue weighted by atomic mass is 10.1.